The Labute approximate surface area is 212 Å². The first-order valence-corrected chi connectivity index (χ1v) is 12.3. The van der Waals surface area contributed by atoms with Crippen molar-refractivity contribution in [1.82, 2.24) is 14.9 Å². The molecule has 3 aromatic carbocycles. The van der Waals surface area contributed by atoms with Crippen LogP contribution in [0.15, 0.2) is 78.9 Å². The highest BCUT2D eigenvalue weighted by atomic mass is 32.1. The fourth-order valence-electron chi connectivity index (χ4n) is 4.04. The number of hydrogen-bond acceptors (Lipinski definition) is 7. The summed E-state index contributed by atoms with van der Waals surface area (Å²) in [6.45, 7) is 0.547. The Morgan fingerprint density at radius 2 is 1.81 bits per heavy atom. The Hall–Kier alpha value is -4.24. The number of aromatic nitrogens is 2. The zero-order valence-electron chi connectivity index (χ0n) is 19.6. The Kier molecular flexibility index (Phi) is 6.90. The summed E-state index contributed by atoms with van der Waals surface area (Å²) in [5.41, 5.74) is 2.98. The number of carbonyl (C=O) groups excluding carboxylic acids is 2. The van der Waals surface area contributed by atoms with E-state index in [4.69, 9.17) is 9.47 Å². The van der Waals surface area contributed by atoms with Crippen LogP contribution in [0.1, 0.15) is 15.2 Å². The molecule has 0 fully saturated rings. The molecule has 1 N–H and O–H groups in total. The summed E-state index contributed by atoms with van der Waals surface area (Å²) < 4.78 is 15.3. The van der Waals surface area contributed by atoms with Crippen molar-refractivity contribution < 1.29 is 19.1 Å². The molecule has 0 unspecified atom stereocenters. The van der Waals surface area contributed by atoms with E-state index in [9.17, 15) is 9.59 Å². The molecule has 2 heterocycles. The molecule has 1 atom stereocenters. The van der Waals surface area contributed by atoms with Crippen molar-refractivity contribution in [1.29, 1.82) is 0 Å². The second kappa shape index (κ2) is 10.6. The Bertz CT molecular complexity index is 1360. The molecule has 0 saturated carbocycles. The summed E-state index contributed by atoms with van der Waals surface area (Å²) in [5, 5.41) is 7.15. The summed E-state index contributed by atoms with van der Waals surface area (Å²) in [4.78, 5) is 28.7. The summed E-state index contributed by atoms with van der Waals surface area (Å²) in [6.07, 6.45) is -0.138. The number of hydrogen-bond donors (Lipinski definition) is 1. The SMILES string of the molecule is COc1ccc(-c2nnsc2C(=O)N2C[C@@H](C(=O)NCCc3ccccc3)Oc3ccccc32)cc1. The Balaban J connectivity index is 1.35. The number of anilines is 1. The molecule has 0 spiro atoms. The van der Waals surface area contributed by atoms with Crippen LogP contribution in [-0.2, 0) is 11.2 Å². The van der Waals surface area contributed by atoms with Gasteiger partial charge < -0.3 is 14.8 Å². The van der Waals surface area contributed by atoms with Gasteiger partial charge in [0.1, 0.15) is 22.1 Å². The van der Waals surface area contributed by atoms with Crippen LogP contribution in [0.4, 0.5) is 5.69 Å². The number of fused-ring (bicyclic) bond motifs is 1. The first-order chi connectivity index (χ1) is 17.6. The molecule has 1 aliphatic rings. The van der Waals surface area contributed by atoms with Crippen LogP contribution < -0.4 is 19.7 Å². The number of rotatable bonds is 7. The average molecular weight is 501 g/mol. The maximum absolute atomic E-state index is 13.8. The number of amides is 2. The zero-order valence-corrected chi connectivity index (χ0v) is 20.4. The van der Waals surface area contributed by atoms with E-state index in [2.05, 4.69) is 14.9 Å². The predicted molar refractivity (Wildman–Crippen MR) is 138 cm³/mol. The Morgan fingerprint density at radius 1 is 1.06 bits per heavy atom. The lowest BCUT2D eigenvalue weighted by Gasteiger charge is -2.34. The highest BCUT2D eigenvalue weighted by Gasteiger charge is 2.35. The molecule has 182 valence electrons. The third-order valence-electron chi connectivity index (χ3n) is 5.91. The molecule has 2 amide bonds. The van der Waals surface area contributed by atoms with Gasteiger partial charge in [-0.25, -0.2) is 0 Å². The van der Waals surface area contributed by atoms with E-state index in [1.807, 2.05) is 66.7 Å². The predicted octanol–water partition coefficient (Wildman–Crippen LogP) is 3.98. The molecule has 0 bridgehead atoms. The van der Waals surface area contributed by atoms with Crippen LogP contribution in [0, 0.1) is 0 Å². The summed E-state index contributed by atoms with van der Waals surface area (Å²) >= 11 is 1.03. The van der Waals surface area contributed by atoms with E-state index in [0.717, 1.165) is 22.7 Å². The number of ether oxygens (including phenoxy) is 2. The quantitative estimate of drug-likeness (QED) is 0.413. The third kappa shape index (κ3) is 4.92. The molecular formula is C27H24N4O4S. The van der Waals surface area contributed by atoms with Gasteiger partial charge in [0.05, 0.1) is 19.3 Å². The van der Waals surface area contributed by atoms with Gasteiger partial charge in [0.15, 0.2) is 6.10 Å². The fraction of sp³-hybridized carbons (Fsp3) is 0.185. The molecule has 5 rings (SSSR count). The number of para-hydroxylation sites is 2. The topological polar surface area (TPSA) is 93.7 Å². The van der Waals surface area contributed by atoms with Crippen LogP contribution in [0.2, 0.25) is 0 Å². The standard InChI is InChI=1S/C27H24N4O4S/c1-34-20-13-11-19(12-14-20)24-25(36-30-29-24)27(33)31-17-23(35-22-10-6-5-9-21(22)31)26(32)28-16-15-18-7-3-2-4-8-18/h2-14,23H,15-17H2,1H3,(H,28,32)/t23-/m0/s1. The van der Waals surface area contributed by atoms with Gasteiger partial charge >= 0.3 is 0 Å². The normalized spacial score (nSPS) is 14.5. The maximum Gasteiger partial charge on any atom is 0.272 e. The number of carbonyl (C=O) groups is 2. The molecule has 0 radical (unpaired) electrons. The fourth-order valence-corrected chi connectivity index (χ4v) is 4.68. The summed E-state index contributed by atoms with van der Waals surface area (Å²) in [6, 6.07) is 24.4. The van der Waals surface area contributed by atoms with Crippen molar-refractivity contribution >= 4 is 29.0 Å². The van der Waals surface area contributed by atoms with Gasteiger partial charge in [-0.1, -0.05) is 47.0 Å². The average Bonchev–Trinajstić information content (AvgIpc) is 3.42. The second-order valence-corrected chi connectivity index (χ2v) is 8.95. The van der Waals surface area contributed by atoms with Gasteiger partial charge in [-0.05, 0) is 59.9 Å². The van der Waals surface area contributed by atoms with Crippen molar-refractivity contribution in [3.05, 3.63) is 89.3 Å². The number of nitrogens with zero attached hydrogens (tertiary/aromatic N) is 3. The van der Waals surface area contributed by atoms with Crippen molar-refractivity contribution in [3.63, 3.8) is 0 Å². The minimum Gasteiger partial charge on any atom is -0.497 e. The lowest BCUT2D eigenvalue weighted by Crippen LogP contribution is -2.51. The van der Waals surface area contributed by atoms with E-state index in [1.54, 1.807) is 24.1 Å². The largest absolute Gasteiger partial charge is 0.497 e. The highest BCUT2D eigenvalue weighted by molar-refractivity contribution is 7.08. The van der Waals surface area contributed by atoms with Crippen molar-refractivity contribution in [3.8, 4) is 22.8 Å². The van der Waals surface area contributed by atoms with Gasteiger partial charge in [0, 0.05) is 12.1 Å². The smallest absolute Gasteiger partial charge is 0.272 e. The molecule has 0 aliphatic carbocycles. The summed E-state index contributed by atoms with van der Waals surface area (Å²) in [5.74, 6) is 0.631. The maximum atomic E-state index is 13.8. The van der Waals surface area contributed by atoms with Gasteiger partial charge in [0.2, 0.25) is 0 Å². The molecule has 4 aromatic rings. The summed E-state index contributed by atoms with van der Waals surface area (Å²) in [7, 11) is 1.60. The van der Waals surface area contributed by atoms with Gasteiger partial charge in [0.25, 0.3) is 11.8 Å². The van der Waals surface area contributed by atoms with Crippen molar-refractivity contribution in [2.75, 3.05) is 25.1 Å². The van der Waals surface area contributed by atoms with Gasteiger partial charge in [-0.3, -0.25) is 14.5 Å². The van der Waals surface area contributed by atoms with Crippen LogP contribution in [0.3, 0.4) is 0 Å². The molecular weight excluding hydrogens is 476 g/mol. The van der Waals surface area contributed by atoms with E-state index in [0.29, 0.717) is 40.7 Å². The van der Waals surface area contributed by atoms with Crippen LogP contribution in [-0.4, -0.2) is 47.7 Å². The molecule has 1 aliphatic heterocycles. The Morgan fingerprint density at radius 3 is 2.58 bits per heavy atom. The molecule has 36 heavy (non-hydrogen) atoms. The molecule has 8 nitrogen and oxygen atoms in total. The molecule has 0 saturated heterocycles. The van der Waals surface area contributed by atoms with Crippen molar-refractivity contribution in [2.45, 2.75) is 12.5 Å². The van der Waals surface area contributed by atoms with E-state index in [1.165, 1.54) is 0 Å². The lowest BCUT2D eigenvalue weighted by atomic mass is 10.1. The van der Waals surface area contributed by atoms with Crippen LogP contribution in [0.25, 0.3) is 11.3 Å². The monoisotopic (exact) mass is 500 g/mol. The minimum absolute atomic E-state index is 0.0764. The number of methoxy groups -OCH3 is 1. The van der Waals surface area contributed by atoms with E-state index < -0.39 is 6.10 Å². The van der Waals surface area contributed by atoms with E-state index >= 15 is 0 Å². The third-order valence-corrected chi connectivity index (χ3v) is 6.63. The first kappa shape index (κ1) is 23.5. The van der Waals surface area contributed by atoms with E-state index in [-0.39, 0.29) is 18.4 Å². The van der Waals surface area contributed by atoms with Crippen LogP contribution >= 0.6 is 11.5 Å². The molecule has 9 heteroatoms. The second-order valence-electron chi connectivity index (χ2n) is 8.20. The molecule has 1 aromatic heterocycles. The minimum atomic E-state index is -0.843. The number of nitrogens with one attached hydrogen (secondary N) is 1. The van der Waals surface area contributed by atoms with Gasteiger partial charge in [-0.15, -0.1) is 5.10 Å². The lowest BCUT2D eigenvalue weighted by molar-refractivity contribution is -0.127. The van der Waals surface area contributed by atoms with Crippen molar-refractivity contribution in [2.24, 2.45) is 0 Å². The first-order valence-electron chi connectivity index (χ1n) is 11.5. The highest BCUT2D eigenvalue weighted by Crippen LogP contribution is 2.36. The van der Waals surface area contributed by atoms with Crippen LogP contribution in [0.5, 0.6) is 11.5 Å². The van der Waals surface area contributed by atoms with Gasteiger partial charge in [-0.2, -0.15) is 0 Å². The number of benzene rings is 3. The zero-order chi connectivity index (χ0) is 24.9.